The standard InChI is InChI=1S/C12H15N3O/c1-2-10-5-3-4-6-11(10)12(16)7-15-9-13-8-14-15/h3-6,8-9,12,16H,2,7H2,1H3. The van der Waals surface area contributed by atoms with Gasteiger partial charge in [-0.25, -0.2) is 4.98 Å². The lowest BCUT2D eigenvalue weighted by Crippen LogP contribution is -2.10. The summed E-state index contributed by atoms with van der Waals surface area (Å²) in [5.74, 6) is 0. The van der Waals surface area contributed by atoms with Gasteiger partial charge in [-0.2, -0.15) is 5.10 Å². The van der Waals surface area contributed by atoms with Gasteiger partial charge in [-0.15, -0.1) is 0 Å². The summed E-state index contributed by atoms with van der Waals surface area (Å²) < 4.78 is 1.64. The van der Waals surface area contributed by atoms with Gasteiger partial charge in [-0.1, -0.05) is 31.2 Å². The molecule has 84 valence electrons. The average molecular weight is 217 g/mol. The smallest absolute Gasteiger partial charge is 0.137 e. The van der Waals surface area contributed by atoms with E-state index in [1.807, 2.05) is 24.3 Å². The highest BCUT2D eigenvalue weighted by atomic mass is 16.3. The van der Waals surface area contributed by atoms with Crippen molar-refractivity contribution in [1.82, 2.24) is 14.8 Å². The van der Waals surface area contributed by atoms with Crippen molar-refractivity contribution in [3.63, 3.8) is 0 Å². The highest BCUT2D eigenvalue weighted by molar-refractivity contribution is 5.28. The summed E-state index contributed by atoms with van der Waals surface area (Å²) in [6, 6.07) is 7.93. The Kier molecular flexibility index (Phi) is 3.31. The molecule has 0 saturated carbocycles. The van der Waals surface area contributed by atoms with Crippen molar-refractivity contribution in [3.05, 3.63) is 48.0 Å². The summed E-state index contributed by atoms with van der Waals surface area (Å²) in [4.78, 5) is 3.85. The largest absolute Gasteiger partial charge is 0.386 e. The second-order valence-electron chi connectivity index (χ2n) is 3.69. The van der Waals surface area contributed by atoms with Gasteiger partial charge in [0.05, 0.1) is 12.6 Å². The van der Waals surface area contributed by atoms with E-state index in [4.69, 9.17) is 0 Å². The van der Waals surface area contributed by atoms with E-state index in [1.165, 1.54) is 11.9 Å². The Bertz CT molecular complexity index is 439. The Balaban J connectivity index is 2.17. The number of aliphatic hydroxyl groups is 1. The molecule has 2 aromatic rings. The van der Waals surface area contributed by atoms with Crippen LogP contribution in [-0.2, 0) is 13.0 Å². The SMILES string of the molecule is CCc1ccccc1C(O)Cn1cncn1. The number of nitrogens with zero attached hydrogens (tertiary/aromatic N) is 3. The van der Waals surface area contributed by atoms with Crippen molar-refractivity contribution in [3.8, 4) is 0 Å². The van der Waals surface area contributed by atoms with Gasteiger partial charge >= 0.3 is 0 Å². The molecule has 0 radical (unpaired) electrons. The normalized spacial score (nSPS) is 12.6. The van der Waals surface area contributed by atoms with Gasteiger partial charge in [0.15, 0.2) is 0 Å². The highest BCUT2D eigenvalue weighted by Crippen LogP contribution is 2.19. The predicted molar refractivity (Wildman–Crippen MR) is 60.8 cm³/mol. The molecule has 2 rings (SSSR count). The lowest BCUT2D eigenvalue weighted by Gasteiger charge is -2.14. The first-order chi connectivity index (χ1) is 7.81. The molecule has 0 bridgehead atoms. The first-order valence-corrected chi connectivity index (χ1v) is 5.39. The molecule has 4 heteroatoms. The molecule has 0 amide bonds. The minimum Gasteiger partial charge on any atom is -0.386 e. The van der Waals surface area contributed by atoms with E-state index in [2.05, 4.69) is 17.0 Å². The summed E-state index contributed by atoms with van der Waals surface area (Å²) in [6.07, 6.45) is 3.47. The zero-order valence-electron chi connectivity index (χ0n) is 9.24. The Morgan fingerprint density at radius 1 is 1.38 bits per heavy atom. The quantitative estimate of drug-likeness (QED) is 0.845. The molecule has 0 aliphatic rings. The molecule has 0 fully saturated rings. The molecule has 0 spiro atoms. The number of aliphatic hydroxyl groups excluding tert-OH is 1. The van der Waals surface area contributed by atoms with Crippen LogP contribution in [0.25, 0.3) is 0 Å². The average Bonchev–Trinajstić information content (AvgIpc) is 2.81. The number of hydrogen-bond donors (Lipinski definition) is 1. The number of aryl methyl sites for hydroxylation is 1. The lowest BCUT2D eigenvalue weighted by atomic mass is 10.0. The van der Waals surface area contributed by atoms with Crippen molar-refractivity contribution in [2.75, 3.05) is 0 Å². The molecular formula is C12H15N3O. The number of rotatable bonds is 4. The highest BCUT2D eigenvalue weighted by Gasteiger charge is 2.11. The summed E-state index contributed by atoms with van der Waals surface area (Å²) in [7, 11) is 0. The van der Waals surface area contributed by atoms with Crippen molar-refractivity contribution >= 4 is 0 Å². The Labute approximate surface area is 94.6 Å². The third kappa shape index (κ3) is 2.28. The van der Waals surface area contributed by atoms with Crippen molar-refractivity contribution in [1.29, 1.82) is 0 Å². The van der Waals surface area contributed by atoms with Crippen molar-refractivity contribution in [2.24, 2.45) is 0 Å². The maximum atomic E-state index is 10.1. The Hall–Kier alpha value is -1.68. The fraction of sp³-hybridized carbons (Fsp3) is 0.333. The second kappa shape index (κ2) is 4.90. The maximum Gasteiger partial charge on any atom is 0.137 e. The monoisotopic (exact) mass is 217 g/mol. The van der Waals surface area contributed by atoms with E-state index in [-0.39, 0.29) is 0 Å². The summed E-state index contributed by atoms with van der Waals surface area (Å²) >= 11 is 0. The topological polar surface area (TPSA) is 50.9 Å². The minimum atomic E-state index is -0.530. The van der Waals surface area contributed by atoms with Gasteiger partial charge in [0.1, 0.15) is 12.7 Å². The number of hydrogen-bond acceptors (Lipinski definition) is 3. The number of aromatic nitrogens is 3. The first kappa shape index (κ1) is 10.8. The van der Waals surface area contributed by atoms with Gasteiger partial charge in [-0.3, -0.25) is 4.68 Å². The van der Waals surface area contributed by atoms with Gasteiger partial charge in [0.25, 0.3) is 0 Å². The van der Waals surface area contributed by atoms with E-state index in [1.54, 1.807) is 11.0 Å². The zero-order chi connectivity index (χ0) is 11.4. The molecular weight excluding hydrogens is 202 g/mol. The second-order valence-corrected chi connectivity index (χ2v) is 3.69. The third-order valence-electron chi connectivity index (χ3n) is 2.62. The molecule has 4 nitrogen and oxygen atoms in total. The van der Waals surface area contributed by atoms with Crippen LogP contribution >= 0.6 is 0 Å². The van der Waals surface area contributed by atoms with Crippen LogP contribution in [0.1, 0.15) is 24.2 Å². The Morgan fingerprint density at radius 3 is 2.88 bits per heavy atom. The summed E-state index contributed by atoms with van der Waals surface area (Å²) in [6.45, 7) is 2.53. The van der Waals surface area contributed by atoms with Crippen LogP contribution < -0.4 is 0 Å². The van der Waals surface area contributed by atoms with Crippen LogP contribution in [-0.4, -0.2) is 19.9 Å². The van der Waals surface area contributed by atoms with Gasteiger partial charge in [0.2, 0.25) is 0 Å². The minimum absolute atomic E-state index is 0.441. The van der Waals surface area contributed by atoms with Gasteiger partial charge in [-0.05, 0) is 17.5 Å². The molecule has 1 atom stereocenters. The van der Waals surface area contributed by atoms with E-state index in [0.717, 1.165) is 12.0 Å². The van der Waals surface area contributed by atoms with Gasteiger partial charge in [0, 0.05) is 0 Å². The molecule has 1 aromatic heterocycles. The fourth-order valence-corrected chi connectivity index (χ4v) is 1.78. The Morgan fingerprint density at radius 2 is 2.19 bits per heavy atom. The maximum absolute atomic E-state index is 10.1. The summed E-state index contributed by atoms with van der Waals surface area (Å²) in [5.41, 5.74) is 2.15. The van der Waals surface area contributed by atoms with Crippen LogP contribution in [0, 0.1) is 0 Å². The molecule has 0 aliphatic heterocycles. The molecule has 0 aliphatic carbocycles. The molecule has 1 N–H and O–H groups in total. The lowest BCUT2D eigenvalue weighted by molar-refractivity contribution is 0.150. The third-order valence-corrected chi connectivity index (χ3v) is 2.62. The zero-order valence-corrected chi connectivity index (χ0v) is 9.24. The molecule has 0 saturated heterocycles. The van der Waals surface area contributed by atoms with Crippen LogP contribution in [0.15, 0.2) is 36.9 Å². The van der Waals surface area contributed by atoms with Crippen LogP contribution in [0.5, 0.6) is 0 Å². The van der Waals surface area contributed by atoms with Crippen molar-refractivity contribution < 1.29 is 5.11 Å². The molecule has 1 unspecified atom stereocenters. The summed E-state index contributed by atoms with van der Waals surface area (Å²) in [5, 5.41) is 14.1. The van der Waals surface area contributed by atoms with E-state index < -0.39 is 6.10 Å². The van der Waals surface area contributed by atoms with Crippen LogP contribution in [0.3, 0.4) is 0 Å². The first-order valence-electron chi connectivity index (χ1n) is 5.39. The van der Waals surface area contributed by atoms with Crippen molar-refractivity contribution in [2.45, 2.75) is 26.0 Å². The van der Waals surface area contributed by atoms with Crippen LogP contribution in [0.2, 0.25) is 0 Å². The van der Waals surface area contributed by atoms with Gasteiger partial charge < -0.3 is 5.11 Å². The van der Waals surface area contributed by atoms with E-state index in [9.17, 15) is 5.11 Å². The predicted octanol–water partition coefficient (Wildman–Crippen LogP) is 1.57. The fourth-order valence-electron chi connectivity index (χ4n) is 1.78. The van der Waals surface area contributed by atoms with E-state index >= 15 is 0 Å². The van der Waals surface area contributed by atoms with Crippen LogP contribution in [0.4, 0.5) is 0 Å². The van der Waals surface area contributed by atoms with E-state index in [0.29, 0.717) is 6.54 Å². The number of benzene rings is 1. The molecule has 16 heavy (non-hydrogen) atoms. The molecule has 1 aromatic carbocycles. The molecule has 1 heterocycles.